The van der Waals surface area contributed by atoms with Crippen LogP contribution in [0.3, 0.4) is 0 Å². The molecule has 0 aromatic heterocycles. The van der Waals surface area contributed by atoms with Crippen LogP contribution in [0.15, 0.2) is 24.3 Å². The van der Waals surface area contributed by atoms with Gasteiger partial charge in [0.2, 0.25) is 5.91 Å². The van der Waals surface area contributed by atoms with E-state index in [0.717, 1.165) is 12.0 Å². The molecule has 22 heavy (non-hydrogen) atoms. The lowest BCUT2D eigenvalue weighted by Crippen LogP contribution is -2.55. The van der Waals surface area contributed by atoms with Gasteiger partial charge in [-0.15, -0.1) is 0 Å². The molecule has 1 fully saturated rings. The molecule has 1 aliphatic rings. The van der Waals surface area contributed by atoms with Crippen LogP contribution in [0.1, 0.15) is 25.3 Å². The molecule has 0 spiro atoms. The molecule has 1 aromatic carbocycles. The maximum absolute atomic E-state index is 12.1. The standard InChI is InChI=1S/C16H21NO5/c1-2-7-22-13-5-3-4-12(9-13)10-14(18)17-16(15(19)20)6-8-21-11-16/h3-5,9H,2,6-8,10-11H2,1H3,(H,17,18)(H,19,20). The first-order valence-corrected chi connectivity index (χ1v) is 7.39. The van der Waals surface area contributed by atoms with E-state index in [9.17, 15) is 14.7 Å². The fraction of sp³-hybridized carbons (Fsp3) is 0.500. The van der Waals surface area contributed by atoms with Gasteiger partial charge >= 0.3 is 5.97 Å². The molecule has 0 radical (unpaired) electrons. The Morgan fingerprint density at radius 1 is 1.45 bits per heavy atom. The number of nitrogens with one attached hydrogen (secondary N) is 1. The maximum atomic E-state index is 12.1. The van der Waals surface area contributed by atoms with Gasteiger partial charge in [-0.05, 0) is 24.1 Å². The molecule has 1 aromatic rings. The second-order valence-corrected chi connectivity index (χ2v) is 5.41. The molecule has 1 amide bonds. The number of benzene rings is 1. The first-order valence-electron chi connectivity index (χ1n) is 7.39. The summed E-state index contributed by atoms with van der Waals surface area (Å²) < 4.78 is 10.6. The van der Waals surface area contributed by atoms with Gasteiger partial charge in [0.05, 0.1) is 19.6 Å². The third-order valence-corrected chi connectivity index (χ3v) is 3.55. The number of ether oxygens (including phenoxy) is 2. The molecule has 1 unspecified atom stereocenters. The Bertz CT molecular complexity index is 537. The summed E-state index contributed by atoms with van der Waals surface area (Å²) in [5, 5.41) is 11.9. The van der Waals surface area contributed by atoms with Crippen molar-refractivity contribution in [3.05, 3.63) is 29.8 Å². The van der Waals surface area contributed by atoms with Gasteiger partial charge in [0.15, 0.2) is 5.54 Å². The van der Waals surface area contributed by atoms with Crippen molar-refractivity contribution < 1.29 is 24.2 Å². The molecule has 1 aliphatic heterocycles. The van der Waals surface area contributed by atoms with Crippen molar-refractivity contribution in [3.8, 4) is 5.75 Å². The van der Waals surface area contributed by atoms with E-state index >= 15 is 0 Å². The number of carbonyl (C=O) groups excluding carboxylic acids is 1. The lowest BCUT2D eigenvalue weighted by molar-refractivity contribution is -0.147. The number of hydrogen-bond donors (Lipinski definition) is 2. The Balaban J connectivity index is 1.98. The molecule has 0 saturated carbocycles. The Morgan fingerprint density at radius 3 is 2.91 bits per heavy atom. The predicted molar refractivity (Wildman–Crippen MR) is 79.9 cm³/mol. The van der Waals surface area contributed by atoms with Gasteiger partial charge in [-0.1, -0.05) is 19.1 Å². The minimum Gasteiger partial charge on any atom is -0.494 e. The van der Waals surface area contributed by atoms with Crippen molar-refractivity contribution in [2.75, 3.05) is 19.8 Å². The highest BCUT2D eigenvalue weighted by Gasteiger charge is 2.43. The average Bonchev–Trinajstić information content (AvgIpc) is 2.95. The number of carboxylic acid groups (broad SMARTS) is 1. The average molecular weight is 307 g/mol. The number of amides is 1. The van der Waals surface area contributed by atoms with Crippen LogP contribution in [0, 0.1) is 0 Å². The van der Waals surface area contributed by atoms with Gasteiger partial charge in [-0.2, -0.15) is 0 Å². The van der Waals surface area contributed by atoms with Gasteiger partial charge in [0, 0.05) is 13.0 Å². The molecule has 1 heterocycles. The number of carboxylic acids is 1. The van der Waals surface area contributed by atoms with Crippen LogP contribution in [0.2, 0.25) is 0 Å². The first kappa shape index (κ1) is 16.3. The van der Waals surface area contributed by atoms with Crippen LogP contribution in [0.4, 0.5) is 0 Å². The lowest BCUT2D eigenvalue weighted by Gasteiger charge is -2.23. The molecule has 1 atom stereocenters. The summed E-state index contributed by atoms with van der Waals surface area (Å²) in [6, 6.07) is 7.27. The summed E-state index contributed by atoms with van der Waals surface area (Å²) in [5.74, 6) is -0.678. The van der Waals surface area contributed by atoms with Crippen LogP contribution >= 0.6 is 0 Å². The first-order chi connectivity index (χ1) is 10.6. The molecule has 6 nitrogen and oxygen atoms in total. The van der Waals surface area contributed by atoms with Crippen LogP contribution in [-0.4, -0.2) is 42.3 Å². The van der Waals surface area contributed by atoms with Gasteiger partial charge in [-0.25, -0.2) is 4.79 Å². The Labute approximate surface area is 129 Å². The normalized spacial score (nSPS) is 20.6. The SMILES string of the molecule is CCCOc1cccc(CC(=O)NC2(C(=O)O)CCOC2)c1. The number of carbonyl (C=O) groups is 2. The van der Waals surface area contributed by atoms with E-state index in [1.807, 2.05) is 25.1 Å². The number of aliphatic carboxylic acids is 1. The van der Waals surface area contributed by atoms with E-state index in [1.54, 1.807) is 6.07 Å². The molecule has 6 heteroatoms. The summed E-state index contributed by atoms with van der Waals surface area (Å²) >= 11 is 0. The smallest absolute Gasteiger partial charge is 0.331 e. The topological polar surface area (TPSA) is 84.9 Å². The third-order valence-electron chi connectivity index (χ3n) is 3.55. The van der Waals surface area contributed by atoms with E-state index in [4.69, 9.17) is 9.47 Å². The fourth-order valence-corrected chi connectivity index (χ4v) is 2.35. The van der Waals surface area contributed by atoms with Gasteiger partial charge in [-0.3, -0.25) is 4.79 Å². The van der Waals surface area contributed by atoms with Crippen LogP contribution in [0.25, 0.3) is 0 Å². The fourth-order valence-electron chi connectivity index (χ4n) is 2.35. The van der Waals surface area contributed by atoms with E-state index in [0.29, 0.717) is 19.0 Å². The van der Waals surface area contributed by atoms with Gasteiger partial charge in [0.25, 0.3) is 0 Å². The van der Waals surface area contributed by atoms with Gasteiger partial charge in [0.1, 0.15) is 5.75 Å². The zero-order chi connectivity index (χ0) is 16.0. The number of rotatable bonds is 7. The molecular formula is C16H21NO5. The van der Waals surface area contributed by atoms with Crippen molar-refractivity contribution in [1.82, 2.24) is 5.32 Å². The Kier molecular flexibility index (Phi) is 5.38. The predicted octanol–water partition coefficient (Wildman–Crippen LogP) is 1.38. The molecule has 0 aliphatic carbocycles. The summed E-state index contributed by atoms with van der Waals surface area (Å²) in [7, 11) is 0. The zero-order valence-electron chi connectivity index (χ0n) is 12.6. The zero-order valence-corrected chi connectivity index (χ0v) is 12.6. The third kappa shape index (κ3) is 3.98. The van der Waals surface area contributed by atoms with Crippen molar-refractivity contribution in [2.24, 2.45) is 0 Å². The van der Waals surface area contributed by atoms with E-state index in [-0.39, 0.29) is 25.4 Å². The van der Waals surface area contributed by atoms with Crippen molar-refractivity contribution in [1.29, 1.82) is 0 Å². The largest absolute Gasteiger partial charge is 0.494 e. The van der Waals surface area contributed by atoms with E-state index < -0.39 is 11.5 Å². The summed E-state index contributed by atoms with van der Waals surface area (Å²) in [4.78, 5) is 23.5. The number of hydrogen-bond acceptors (Lipinski definition) is 4. The second kappa shape index (κ2) is 7.26. The monoisotopic (exact) mass is 307 g/mol. The molecule has 1 saturated heterocycles. The summed E-state index contributed by atoms with van der Waals surface area (Å²) in [6.45, 7) is 2.99. The van der Waals surface area contributed by atoms with Crippen LogP contribution in [0.5, 0.6) is 5.75 Å². The highest BCUT2D eigenvalue weighted by atomic mass is 16.5. The van der Waals surface area contributed by atoms with Crippen LogP contribution < -0.4 is 10.1 Å². The molecule has 2 rings (SSSR count). The minimum atomic E-state index is -1.30. The quantitative estimate of drug-likeness (QED) is 0.795. The molecule has 0 bridgehead atoms. The van der Waals surface area contributed by atoms with Crippen molar-refractivity contribution in [3.63, 3.8) is 0 Å². The molecule has 120 valence electrons. The lowest BCUT2D eigenvalue weighted by atomic mass is 9.98. The highest BCUT2D eigenvalue weighted by molar-refractivity contribution is 5.88. The maximum Gasteiger partial charge on any atom is 0.331 e. The second-order valence-electron chi connectivity index (χ2n) is 5.41. The Morgan fingerprint density at radius 2 is 2.27 bits per heavy atom. The van der Waals surface area contributed by atoms with Crippen molar-refractivity contribution in [2.45, 2.75) is 31.7 Å². The molecule has 2 N–H and O–H groups in total. The van der Waals surface area contributed by atoms with Gasteiger partial charge < -0.3 is 19.9 Å². The van der Waals surface area contributed by atoms with Crippen LogP contribution in [-0.2, 0) is 20.7 Å². The minimum absolute atomic E-state index is 0.00766. The van der Waals surface area contributed by atoms with Crippen molar-refractivity contribution >= 4 is 11.9 Å². The molecular weight excluding hydrogens is 286 g/mol. The summed E-state index contributed by atoms with van der Waals surface area (Å²) in [5.41, 5.74) is -0.515. The van der Waals surface area contributed by atoms with E-state index in [1.165, 1.54) is 0 Å². The Hall–Kier alpha value is -2.08. The summed E-state index contributed by atoms with van der Waals surface area (Å²) in [6.07, 6.45) is 1.30. The van der Waals surface area contributed by atoms with E-state index in [2.05, 4.69) is 5.32 Å². The highest BCUT2D eigenvalue weighted by Crippen LogP contribution is 2.20.